The molecule has 3 N–H and O–H groups in total. The molecule has 0 aromatic heterocycles. The van der Waals surface area contributed by atoms with Crippen LogP contribution in [0.1, 0.15) is 41.6 Å². The summed E-state index contributed by atoms with van der Waals surface area (Å²) in [5, 5.41) is 16.3. The zero-order valence-corrected chi connectivity index (χ0v) is 15.8. The first-order chi connectivity index (χ1) is 11.6. The number of aliphatic hydroxyl groups is 1. The van der Waals surface area contributed by atoms with Crippen molar-refractivity contribution in [1.29, 1.82) is 0 Å². The van der Waals surface area contributed by atoms with Crippen LogP contribution in [0.2, 0.25) is 0 Å². The van der Waals surface area contributed by atoms with E-state index in [2.05, 4.69) is 10.6 Å². The molecule has 1 unspecified atom stereocenters. The maximum atomic E-state index is 12.9. The van der Waals surface area contributed by atoms with Crippen molar-refractivity contribution in [3.05, 3.63) is 29.3 Å². The highest BCUT2D eigenvalue weighted by molar-refractivity contribution is 5.97. The fraction of sp³-hybridized carbons (Fsp3) is 0.632. The van der Waals surface area contributed by atoms with Crippen LogP contribution in [0.4, 0.5) is 0 Å². The Morgan fingerprint density at radius 3 is 2.56 bits per heavy atom. The van der Waals surface area contributed by atoms with Crippen LogP contribution in [0.5, 0.6) is 5.75 Å². The second-order valence-electron chi connectivity index (χ2n) is 7.18. The molecule has 0 spiro atoms. The van der Waals surface area contributed by atoms with Gasteiger partial charge in [-0.2, -0.15) is 0 Å². The lowest BCUT2D eigenvalue weighted by molar-refractivity contribution is 0.00915. The number of carbonyl (C=O) groups excluding carboxylic acids is 1. The highest BCUT2D eigenvalue weighted by atomic mass is 35.5. The monoisotopic (exact) mass is 368 g/mol. The summed E-state index contributed by atoms with van der Waals surface area (Å²) in [6, 6.07) is 5.80. The van der Waals surface area contributed by atoms with Gasteiger partial charge in [0.15, 0.2) is 0 Å². The van der Waals surface area contributed by atoms with Crippen LogP contribution in [0, 0.1) is 18.8 Å². The van der Waals surface area contributed by atoms with Crippen molar-refractivity contribution in [2.75, 3.05) is 20.2 Å². The maximum absolute atomic E-state index is 12.9. The standard InChI is InChI=1S/C19H28N2O3.ClH/c1-12-3-4-17(24-2)16(9-12)19(23)21-18(14-10-15(22)11-14)13-5-7-20-8-6-13;/h3-4,9,13-15,18,20,22H,5-8,10-11H2,1-2H3,(H,21,23);1H. The molecule has 0 radical (unpaired) electrons. The van der Waals surface area contributed by atoms with Crippen LogP contribution in [-0.4, -0.2) is 43.4 Å². The number of benzene rings is 1. The SMILES string of the molecule is COc1ccc(C)cc1C(=O)NC(C1CCNCC1)C1CC(O)C1.Cl. The number of hydrogen-bond acceptors (Lipinski definition) is 4. The van der Waals surface area contributed by atoms with Gasteiger partial charge in [0.05, 0.1) is 18.8 Å². The van der Waals surface area contributed by atoms with Gasteiger partial charge in [-0.15, -0.1) is 12.4 Å². The highest BCUT2D eigenvalue weighted by Crippen LogP contribution is 2.36. The first-order valence-corrected chi connectivity index (χ1v) is 8.92. The number of nitrogens with one attached hydrogen (secondary N) is 2. The lowest BCUT2D eigenvalue weighted by Gasteiger charge is -2.43. The molecule has 1 amide bonds. The van der Waals surface area contributed by atoms with E-state index in [0.29, 0.717) is 23.1 Å². The van der Waals surface area contributed by atoms with Crippen LogP contribution in [-0.2, 0) is 0 Å². The van der Waals surface area contributed by atoms with Gasteiger partial charge in [0.1, 0.15) is 5.75 Å². The summed E-state index contributed by atoms with van der Waals surface area (Å²) in [5.41, 5.74) is 1.63. The molecule has 1 heterocycles. The first-order valence-electron chi connectivity index (χ1n) is 8.92. The van der Waals surface area contributed by atoms with Gasteiger partial charge < -0.3 is 20.5 Å². The molecule has 25 heavy (non-hydrogen) atoms. The molecular formula is C19H29ClN2O3. The molecule has 1 aliphatic carbocycles. The summed E-state index contributed by atoms with van der Waals surface area (Å²) in [7, 11) is 1.59. The molecule has 1 atom stereocenters. The lowest BCUT2D eigenvalue weighted by atomic mass is 9.71. The largest absolute Gasteiger partial charge is 0.496 e. The van der Waals surface area contributed by atoms with Crippen LogP contribution in [0.25, 0.3) is 0 Å². The van der Waals surface area contributed by atoms with Crippen LogP contribution in [0.15, 0.2) is 18.2 Å². The van der Waals surface area contributed by atoms with Gasteiger partial charge in [-0.05, 0) is 69.7 Å². The Bertz CT molecular complexity index is 584. The van der Waals surface area contributed by atoms with E-state index in [1.165, 1.54) is 0 Å². The van der Waals surface area contributed by atoms with Crippen molar-refractivity contribution in [3.8, 4) is 5.75 Å². The predicted molar refractivity (Wildman–Crippen MR) is 101 cm³/mol. The van der Waals surface area contributed by atoms with E-state index in [4.69, 9.17) is 4.74 Å². The summed E-state index contributed by atoms with van der Waals surface area (Å²) in [6.07, 6.45) is 3.52. The molecule has 1 aliphatic heterocycles. The topological polar surface area (TPSA) is 70.6 Å². The number of piperidine rings is 1. The summed E-state index contributed by atoms with van der Waals surface area (Å²) in [6.45, 7) is 3.98. The van der Waals surface area contributed by atoms with Gasteiger partial charge in [0, 0.05) is 6.04 Å². The zero-order chi connectivity index (χ0) is 17.1. The Labute approximate surface area is 155 Å². The Kier molecular flexibility index (Phi) is 7.11. The van der Waals surface area contributed by atoms with Crippen molar-refractivity contribution >= 4 is 18.3 Å². The molecule has 1 aromatic rings. The molecule has 5 nitrogen and oxygen atoms in total. The maximum Gasteiger partial charge on any atom is 0.255 e. The molecule has 1 saturated heterocycles. The van der Waals surface area contributed by atoms with Crippen LogP contribution < -0.4 is 15.4 Å². The van der Waals surface area contributed by atoms with Crippen molar-refractivity contribution in [1.82, 2.24) is 10.6 Å². The Hall–Kier alpha value is -1.30. The molecule has 3 rings (SSSR count). The van der Waals surface area contributed by atoms with E-state index in [-0.39, 0.29) is 30.5 Å². The Balaban J connectivity index is 0.00000225. The average Bonchev–Trinajstić information content (AvgIpc) is 2.57. The van der Waals surface area contributed by atoms with Gasteiger partial charge in [-0.25, -0.2) is 0 Å². The number of amides is 1. The van der Waals surface area contributed by atoms with Crippen molar-refractivity contribution in [2.24, 2.45) is 11.8 Å². The van der Waals surface area contributed by atoms with Crippen LogP contribution >= 0.6 is 12.4 Å². The van der Waals surface area contributed by atoms with E-state index >= 15 is 0 Å². The minimum Gasteiger partial charge on any atom is -0.496 e. The predicted octanol–water partition coefficient (Wildman–Crippen LogP) is 2.29. The summed E-state index contributed by atoms with van der Waals surface area (Å²) >= 11 is 0. The van der Waals surface area contributed by atoms with E-state index in [9.17, 15) is 9.90 Å². The lowest BCUT2D eigenvalue weighted by Crippen LogP contribution is -2.52. The minimum absolute atomic E-state index is 0. The van der Waals surface area contributed by atoms with E-state index < -0.39 is 0 Å². The van der Waals surface area contributed by atoms with Gasteiger partial charge in [-0.1, -0.05) is 11.6 Å². The number of carbonyl (C=O) groups is 1. The average molecular weight is 369 g/mol. The summed E-state index contributed by atoms with van der Waals surface area (Å²) < 4.78 is 5.36. The zero-order valence-electron chi connectivity index (χ0n) is 15.0. The Morgan fingerprint density at radius 2 is 1.96 bits per heavy atom. The molecule has 1 aromatic carbocycles. The number of hydrogen-bond donors (Lipinski definition) is 3. The fourth-order valence-corrected chi connectivity index (χ4v) is 3.98. The minimum atomic E-state index is -0.204. The van der Waals surface area contributed by atoms with Gasteiger partial charge >= 0.3 is 0 Å². The number of aryl methyl sites for hydroxylation is 1. The molecule has 1 saturated carbocycles. The Morgan fingerprint density at radius 1 is 1.28 bits per heavy atom. The van der Waals surface area contributed by atoms with Gasteiger partial charge in [0.2, 0.25) is 0 Å². The third-order valence-electron chi connectivity index (χ3n) is 5.45. The van der Waals surface area contributed by atoms with E-state index in [1.54, 1.807) is 7.11 Å². The molecule has 140 valence electrons. The third kappa shape index (κ3) is 4.66. The normalized spacial score (nSPS) is 24.6. The number of methoxy groups -OCH3 is 1. The second kappa shape index (κ2) is 8.88. The highest BCUT2D eigenvalue weighted by Gasteiger charge is 2.39. The van der Waals surface area contributed by atoms with Crippen molar-refractivity contribution in [2.45, 2.75) is 44.8 Å². The van der Waals surface area contributed by atoms with E-state index in [0.717, 1.165) is 44.3 Å². The van der Waals surface area contributed by atoms with Crippen molar-refractivity contribution < 1.29 is 14.6 Å². The number of halogens is 1. The van der Waals surface area contributed by atoms with E-state index in [1.807, 2.05) is 25.1 Å². The van der Waals surface area contributed by atoms with Crippen molar-refractivity contribution in [3.63, 3.8) is 0 Å². The second-order valence-corrected chi connectivity index (χ2v) is 7.18. The quantitative estimate of drug-likeness (QED) is 0.745. The number of ether oxygens (including phenoxy) is 1. The first kappa shape index (κ1) is 20.0. The van der Waals surface area contributed by atoms with Gasteiger partial charge in [-0.3, -0.25) is 4.79 Å². The van der Waals surface area contributed by atoms with Crippen LogP contribution in [0.3, 0.4) is 0 Å². The molecule has 0 bridgehead atoms. The summed E-state index contributed by atoms with van der Waals surface area (Å²) in [5.74, 6) is 1.39. The molecule has 6 heteroatoms. The molecular weight excluding hydrogens is 340 g/mol. The molecule has 2 aliphatic rings. The number of aliphatic hydroxyl groups excluding tert-OH is 1. The summed E-state index contributed by atoms with van der Waals surface area (Å²) in [4.78, 5) is 12.9. The third-order valence-corrected chi connectivity index (χ3v) is 5.45. The smallest absolute Gasteiger partial charge is 0.255 e. The fourth-order valence-electron chi connectivity index (χ4n) is 3.98. The van der Waals surface area contributed by atoms with Gasteiger partial charge in [0.25, 0.3) is 5.91 Å². The molecule has 2 fully saturated rings. The number of rotatable bonds is 5.